The lowest BCUT2D eigenvalue weighted by molar-refractivity contribution is 0.682. The third kappa shape index (κ3) is 1.83. The second-order valence-corrected chi connectivity index (χ2v) is 4.04. The van der Waals surface area contributed by atoms with E-state index >= 15 is 0 Å². The highest BCUT2D eigenvalue weighted by Gasteiger charge is 2.19. The van der Waals surface area contributed by atoms with Crippen LogP contribution in [-0.4, -0.2) is 4.98 Å². The molecule has 1 aromatic heterocycles. The standard InChI is InChI=1S/C9H9BrN2/c1-9(2,6-11)7-3-8(10)5-12-4-7/h3-5H,1-2H3. The fraction of sp³-hybridized carbons (Fsp3) is 0.333. The van der Waals surface area contributed by atoms with Crippen molar-refractivity contribution in [3.05, 3.63) is 28.5 Å². The average Bonchev–Trinajstić information content (AvgIpc) is 2.05. The Hall–Kier alpha value is -0.880. The fourth-order valence-electron chi connectivity index (χ4n) is 0.818. The van der Waals surface area contributed by atoms with Crippen molar-refractivity contribution >= 4 is 15.9 Å². The molecular weight excluding hydrogens is 216 g/mol. The predicted molar refractivity (Wildman–Crippen MR) is 50.6 cm³/mol. The van der Waals surface area contributed by atoms with Gasteiger partial charge in [-0.15, -0.1) is 0 Å². The third-order valence-corrected chi connectivity index (χ3v) is 2.14. The number of halogens is 1. The summed E-state index contributed by atoms with van der Waals surface area (Å²) in [4.78, 5) is 4.00. The van der Waals surface area contributed by atoms with Crippen molar-refractivity contribution < 1.29 is 0 Å². The Labute approximate surface area is 80.4 Å². The molecule has 0 saturated heterocycles. The van der Waals surface area contributed by atoms with Crippen molar-refractivity contribution in [2.24, 2.45) is 0 Å². The van der Waals surface area contributed by atoms with Crippen molar-refractivity contribution in [2.75, 3.05) is 0 Å². The molecule has 0 spiro atoms. The lowest BCUT2D eigenvalue weighted by Crippen LogP contribution is -2.13. The highest BCUT2D eigenvalue weighted by atomic mass is 79.9. The lowest BCUT2D eigenvalue weighted by atomic mass is 9.88. The molecule has 0 aliphatic carbocycles. The van der Waals surface area contributed by atoms with Gasteiger partial charge in [0, 0.05) is 16.9 Å². The summed E-state index contributed by atoms with van der Waals surface area (Å²) in [5.74, 6) is 0. The van der Waals surface area contributed by atoms with Crippen LogP contribution in [0.15, 0.2) is 22.9 Å². The molecule has 1 aromatic rings. The number of nitriles is 1. The van der Waals surface area contributed by atoms with Gasteiger partial charge in [-0.2, -0.15) is 5.26 Å². The van der Waals surface area contributed by atoms with E-state index in [0.29, 0.717) is 0 Å². The molecule has 2 nitrogen and oxygen atoms in total. The Morgan fingerprint density at radius 1 is 1.50 bits per heavy atom. The molecule has 1 heterocycles. The molecule has 0 radical (unpaired) electrons. The van der Waals surface area contributed by atoms with Crippen LogP contribution in [-0.2, 0) is 5.41 Å². The lowest BCUT2D eigenvalue weighted by Gasteiger charge is -2.14. The van der Waals surface area contributed by atoms with Gasteiger partial charge in [-0.3, -0.25) is 4.98 Å². The molecule has 0 bridgehead atoms. The van der Waals surface area contributed by atoms with Crippen LogP contribution in [0.5, 0.6) is 0 Å². The molecule has 0 N–H and O–H groups in total. The number of pyridine rings is 1. The first-order chi connectivity index (χ1) is 5.56. The highest BCUT2D eigenvalue weighted by molar-refractivity contribution is 9.10. The van der Waals surface area contributed by atoms with Gasteiger partial charge in [-0.25, -0.2) is 0 Å². The van der Waals surface area contributed by atoms with Gasteiger partial charge in [0.1, 0.15) is 0 Å². The smallest absolute Gasteiger partial charge is 0.0781 e. The normalized spacial score (nSPS) is 10.8. The summed E-state index contributed by atoms with van der Waals surface area (Å²) in [5.41, 5.74) is 0.468. The van der Waals surface area contributed by atoms with Crippen molar-refractivity contribution in [3.8, 4) is 6.07 Å². The minimum atomic E-state index is -0.462. The van der Waals surface area contributed by atoms with E-state index in [1.807, 2.05) is 19.9 Å². The van der Waals surface area contributed by atoms with Gasteiger partial charge in [-0.1, -0.05) is 0 Å². The molecule has 0 atom stereocenters. The zero-order valence-corrected chi connectivity index (χ0v) is 8.59. The van der Waals surface area contributed by atoms with Crippen molar-refractivity contribution in [2.45, 2.75) is 19.3 Å². The summed E-state index contributed by atoms with van der Waals surface area (Å²) in [5, 5.41) is 8.85. The maximum atomic E-state index is 8.85. The van der Waals surface area contributed by atoms with Crippen LogP contribution < -0.4 is 0 Å². The van der Waals surface area contributed by atoms with E-state index in [2.05, 4.69) is 27.0 Å². The molecule has 12 heavy (non-hydrogen) atoms. The molecule has 1 rings (SSSR count). The van der Waals surface area contributed by atoms with Gasteiger partial charge in [0.15, 0.2) is 0 Å². The Morgan fingerprint density at radius 3 is 2.67 bits per heavy atom. The number of aromatic nitrogens is 1. The predicted octanol–water partition coefficient (Wildman–Crippen LogP) is 2.65. The van der Waals surface area contributed by atoms with E-state index in [4.69, 9.17) is 5.26 Å². The monoisotopic (exact) mass is 224 g/mol. The second-order valence-electron chi connectivity index (χ2n) is 3.13. The molecule has 62 valence electrons. The summed E-state index contributed by atoms with van der Waals surface area (Å²) in [7, 11) is 0. The maximum Gasteiger partial charge on any atom is 0.0781 e. The molecule has 0 aliphatic heterocycles. The number of nitrogens with zero attached hydrogens (tertiary/aromatic N) is 2. The van der Waals surface area contributed by atoms with Gasteiger partial charge in [0.2, 0.25) is 0 Å². The first kappa shape index (κ1) is 9.21. The van der Waals surface area contributed by atoms with Crippen molar-refractivity contribution in [1.82, 2.24) is 4.98 Å². The first-order valence-corrected chi connectivity index (χ1v) is 4.38. The van der Waals surface area contributed by atoms with Gasteiger partial charge in [-0.05, 0) is 41.4 Å². The van der Waals surface area contributed by atoms with Gasteiger partial charge < -0.3 is 0 Å². The molecule has 0 aliphatic rings. The zero-order valence-electron chi connectivity index (χ0n) is 7.00. The molecule has 0 fully saturated rings. The van der Waals surface area contributed by atoms with E-state index in [9.17, 15) is 0 Å². The summed E-state index contributed by atoms with van der Waals surface area (Å²) in [6, 6.07) is 4.14. The Morgan fingerprint density at radius 2 is 2.17 bits per heavy atom. The van der Waals surface area contributed by atoms with Crippen LogP contribution in [0.25, 0.3) is 0 Å². The van der Waals surface area contributed by atoms with E-state index in [1.54, 1.807) is 12.4 Å². The number of hydrogen-bond acceptors (Lipinski definition) is 2. The molecule has 0 unspecified atom stereocenters. The minimum Gasteiger partial charge on any atom is -0.263 e. The van der Waals surface area contributed by atoms with Crippen LogP contribution >= 0.6 is 15.9 Å². The average molecular weight is 225 g/mol. The van der Waals surface area contributed by atoms with E-state index in [-0.39, 0.29) is 0 Å². The summed E-state index contributed by atoms with van der Waals surface area (Å²) in [6.07, 6.45) is 3.42. The van der Waals surface area contributed by atoms with Crippen molar-refractivity contribution in [1.29, 1.82) is 5.26 Å². The topological polar surface area (TPSA) is 36.7 Å². The summed E-state index contributed by atoms with van der Waals surface area (Å²) < 4.78 is 0.906. The Kier molecular flexibility index (Phi) is 2.49. The zero-order chi connectivity index (χ0) is 9.19. The molecular formula is C9H9BrN2. The van der Waals surface area contributed by atoms with E-state index in [1.165, 1.54) is 0 Å². The minimum absolute atomic E-state index is 0.462. The maximum absolute atomic E-state index is 8.85. The Bertz CT molecular complexity index is 326. The summed E-state index contributed by atoms with van der Waals surface area (Å²) in [6.45, 7) is 3.74. The molecule has 0 aromatic carbocycles. The second kappa shape index (κ2) is 3.24. The van der Waals surface area contributed by atoms with Crippen LogP contribution in [0.2, 0.25) is 0 Å². The van der Waals surface area contributed by atoms with Gasteiger partial charge in [0.25, 0.3) is 0 Å². The molecule has 3 heteroatoms. The SMILES string of the molecule is CC(C)(C#N)c1cncc(Br)c1. The fourth-order valence-corrected chi connectivity index (χ4v) is 1.18. The quantitative estimate of drug-likeness (QED) is 0.736. The summed E-state index contributed by atoms with van der Waals surface area (Å²) >= 11 is 3.31. The first-order valence-electron chi connectivity index (χ1n) is 3.58. The number of rotatable bonds is 1. The van der Waals surface area contributed by atoms with Crippen LogP contribution in [0, 0.1) is 11.3 Å². The van der Waals surface area contributed by atoms with E-state index in [0.717, 1.165) is 10.0 Å². The highest BCUT2D eigenvalue weighted by Crippen LogP contribution is 2.23. The van der Waals surface area contributed by atoms with Gasteiger partial charge >= 0.3 is 0 Å². The molecule has 0 amide bonds. The third-order valence-electron chi connectivity index (χ3n) is 1.71. The van der Waals surface area contributed by atoms with E-state index < -0.39 is 5.41 Å². The van der Waals surface area contributed by atoms with Crippen LogP contribution in [0.4, 0.5) is 0 Å². The molecule has 0 saturated carbocycles. The number of hydrogen-bond donors (Lipinski definition) is 0. The van der Waals surface area contributed by atoms with Crippen LogP contribution in [0.3, 0.4) is 0 Å². The Balaban J connectivity index is 3.14. The van der Waals surface area contributed by atoms with Crippen molar-refractivity contribution in [3.63, 3.8) is 0 Å². The van der Waals surface area contributed by atoms with Crippen LogP contribution in [0.1, 0.15) is 19.4 Å². The largest absolute Gasteiger partial charge is 0.263 e. The van der Waals surface area contributed by atoms with Gasteiger partial charge in [0.05, 0.1) is 11.5 Å².